The van der Waals surface area contributed by atoms with E-state index in [9.17, 15) is 0 Å². The van der Waals surface area contributed by atoms with E-state index in [4.69, 9.17) is 4.74 Å². The maximum atomic E-state index is 5.45. The zero-order valence-electron chi connectivity index (χ0n) is 13.7. The highest BCUT2D eigenvalue weighted by Crippen LogP contribution is 2.29. The number of halogens is 1. The van der Waals surface area contributed by atoms with E-state index in [1.165, 1.54) is 5.56 Å². The number of benzene rings is 1. The molecule has 2 N–H and O–H groups in total. The van der Waals surface area contributed by atoms with Gasteiger partial charge in [0.1, 0.15) is 5.75 Å². The minimum Gasteiger partial charge on any atom is -0.496 e. The average molecular weight is 355 g/mol. The molecule has 2 rings (SSSR count). The highest BCUT2D eigenvalue weighted by atomic mass is 79.9. The van der Waals surface area contributed by atoms with Crippen LogP contribution in [0.4, 0.5) is 0 Å². The van der Waals surface area contributed by atoms with Gasteiger partial charge in [0.2, 0.25) is 0 Å². The molecule has 1 fully saturated rings. The number of hydrogen-bond acceptors (Lipinski definition) is 3. The lowest BCUT2D eigenvalue weighted by Crippen LogP contribution is -2.61. The van der Waals surface area contributed by atoms with Gasteiger partial charge in [0.05, 0.1) is 7.11 Å². The smallest absolute Gasteiger partial charge is 0.123 e. The van der Waals surface area contributed by atoms with E-state index >= 15 is 0 Å². The lowest BCUT2D eigenvalue weighted by Gasteiger charge is -2.46. The van der Waals surface area contributed by atoms with E-state index in [2.05, 4.69) is 60.3 Å². The van der Waals surface area contributed by atoms with Gasteiger partial charge in [0.25, 0.3) is 0 Å². The van der Waals surface area contributed by atoms with Gasteiger partial charge in [0, 0.05) is 33.7 Å². The summed E-state index contributed by atoms with van der Waals surface area (Å²) in [5, 5.41) is 7.43. The fourth-order valence-corrected chi connectivity index (χ4v) is 4.01. The summed E-state index contributed by atoms with van der Waals surface area (Å²) >= 11 is 3.53. The van der Waals surface area contributed by atoms with Gasteiger partial charge in [-0.2, -0.15) is 0 Å². The second kappa shape index (κ2) is 6.27. The molecule has 0 saturated carbocycles. The third-order valence-electron chi connectivity index (χ3n) is 4.01. The standard InChI is InChI=1S/C17H27BrN2O/c1-16(2)9-14(10-17(3,4)20-16)19-11-12-8-13(18)6-7-15(12)21-5/h6-8,14,19-20H,9-11H2,1-5H3. The van der Waals surface area contributed by atoms with Crippen LogP contribution in [0.15, 0.2) is 22.7 Å². The maximum absolute atomic E-state index is 5.45. The first-order valence-corrected chi connectivity index (χ1v) is 8.35. The summed E-state index contributed by atoms with van der Waals surface area (Å²) in [7, 11) is 1.73. The highest BCUT2D eigenvalue weighted by Gasteiger charge is 2.37. The summed E-state index contributed by atoms with van der Waals surface area (Å²) in [5.74, 6) is 0.943. The van der Waals surface area contributed by atoms with Gasteiger partial charge < -0.3 is 15.4 Å². The van der Waals surface area contributed by atoms with Crippen LogP contribution >= 0.6 is 15.9 Å². The van der Waals surface area contributed by atoms with Crippen molar-refractivity contribution in [3.05, 3.63) is 28.2 Å². The zero-order valence-corrected chi connectivity index (χ0v) is 15.3. The molecule has 0 bridgehead atoms. The van der Waals surface area contributed by atoms with E-state index in [1.54, 1.807) is 7.11 Å². The van der Waals surface area contributed by atoms with Crippen LogP contribution in [0, 0.1) is 0 Å². The summed E-state index contributed by atoms with van der Waals surface area (Å²) < 4.78 is 6.54. The quantitative estimate of drug-likeness (QED) is 0.861. The summed E-state index contributed by atoms with van der Waals surface area (Å²) in [6, 6.07) is 6.67. The van der Waals surface area contributed by atoms with Crippen LogP contribution < -0.4 is 15.4 Å². The number of nitrogens with one attached hydrogen (secondary N) is 2. The normalized spacial score (nSPS) is 21.2. The molecule has 1 aliphatic heterocycles. The van der Waals surface area contributed by atoms with E-state index < -0.39 is 0 Å². The molecule has 1 aliphatic rings. The molecule has 0 atom stereocenters. The third kappa shape index (κ3) is 4.70. The number of rotatable bonds is 4. The van der Waals surface area contributed by atoms with Crippen molar-refractivity contribution in [3.8, 4) is 5.75 Å². The van der Waals surface area contributed by atoms with Crippen molar-refractivity contribution in [2.24, 2.45) is 0 Å². The van der Waals surface area contributed by atoms with Crippen LogP contribution in [0.25, 0.3) is 0 Å². The van der Waals surface area contributed by atoms with Crippen molar-refractivity contribution >= 4 is 15.9 Å². The van der Waals surface area contributed by atoms with Gasteiger partial charge in [-0.05, 0) is 58.7 Å². The Morgan fingerprint density at radius 1 is 1.24 bits per heavy atom. The summed E-state index contributed by atoms with van der Waals surface area (Å²) in [5.41, 5.74) is 1.53. The predicted octanol–water partition coefficient (Wildman–Crippen LogP) is 3.86. The van der Waals surface area contributed by atoms with Crippen molar-refractivity contribution in [1.82, 2.24) is 10.6 Å². The second-order valence-electron chi connectivity index (χ2n) is 7.34. The van der Waals surface area contributed by atoms with Gasteiger partial charge in [0.15, 0.2) is 0 Å². The van der Waals surface area contributed by atoms with Gasteiger partial charge in [-0.15, -0.1) is 0 Å². The molecule has 1 saturated heterocycles. The van der Waals surface area contributed by atoms with Crippen molar-refractivity contribution in [1.29, 1.82) is 0 Å². The first-order chi connectivity index (χ1) is 9.71. The summed E-state index contributed by atoms with van der Waals surface area (Å²) in [6.45, 7) is 9.95. The Kier molecular flexibility index (Phi) is 5.01. The van der Waals surface area contributed by atoms with Gasteiger partial charge in [-0.25, -0.2) is 0 Å². The number of hydrogen-bond donors (Lipinski definition) is 2. The molecule has 1 aromatic carbocycles. The fourth-order valence-electron chi connectivity index (χ4n) is 3.61. The molecule has 0 radical (unpaired) electrons. The summed E-state index contributed by atoms with van der Waals surface area (Å²) in [4.78, 5) is 0. The van der Waals surface area contributed by atoms with E-state index in [0.717, 1.165) is 29.6 Å². The maximum Gasteiger partial charge on any atom is 0.123 e. The first kappa shape index (κ1) is 16.8. The van der Waals surface area contributed by atoms with Crippen LogP contribution in [0.5, 0.6) is 5.75 Å². The molecule has 1 heterocycles. The molecule has 0 spiro atoms. The Bertz CT molecular complexity index is 484. The average Bonchev–Trinajstić information content (AvgIpc) is 2.33. The van der Waals surface area contributed by atoms with Gasteiger partial charge >= 0.3 is 0 Å². The Morgan fingerprint density at radius 3 is 2.43 bits per heavy atom. The van der Waals surface area contributed by atoms with Crippen LogP contribution in [0.3, 0.4) is 0 Å². The minimum absolute atomic E-state index is 0.167. The third-order valence-corrected chi connectivity index (χ3v) is 4.51. The van der Waals surface area contributed by atoms with Gasteiger partial charge in [-0.3, -0.25) is 0 Å². The largest absolute Gasteiger partial charge is 0.496 e. The van der Waals surface area contributed by atoms with E-state index in [1.807, 2.05) is 12.1 Å². The fraction of sp³-hybridized carbons (Fsp3) is 0.647. The zero-order chi connectivity index (χ0) is 15.7. The van der Waals surface area contributed by atoms with Crippen molar-refractivity contribution in [2.75, 3.05) is 7.11 Å². The van der Waals surface area contributed by atoms with Crippen molar-refractivity contribution in [2.45, 2.75) is 64.2 Å². The van der Waals surface area contributed by atoms with Crippen LogP contribution in [-0.4, -0.2) is 24.2 Å². The molecule has 3 nitrogen and oxygen atoms in total. The molecule has 21 heavy (non-hydrogen) atoms. The first-order valence-electron chi connectivity index (χ1n) is 7.56. The van der Waals surface area contributed by atoms with Crippen molar-refractivity contribution < 1.29 is 4.74 Å². The second-order valence-corrected chi connectivity index (χ2v) is 8.25. The monoisotopic (exact) mass is 354 g/mol. The number of ether oxygens (including phenoxy) is 1. The molecule has 0 unspecified atom stereocenters. The highest BCUT2D eigenvalue weighted by molar-refractivity contribution is 9.10. The van der Waals surface area contributed by atoms with Crippen LogP contribution in [0.2, 0.25) is 0 Å². The van der Waals surface area contributed by atoms with E-state index in [0.29, 0.717) is 6.04 Å². The summed E-state index contributed by atoms with van der Waals surface area (Å²) in [6.07, 6.45) is 2.26. The lowest BCUT2D eigenvalue weighted by atomic mass is 9.79. The minimum atomic E-state index is 0.167. The predicted molar refractivity (Wildman–Crippen MR) is 91.8 cm³/mol. The Labute approximate surface area is 137 Å². The van der Waals surface area contributed by atoms with E-state index in [-0.39, 0.29) is 11.1 Å². The Balaban J connectivity index is 2.04. The topological polar surface area (TPSA) is 33.3 Å². The molecule has 1 aromatic rings. The molecular weight excluding hydrogens is 328 g/mol. The molecule has 0 amide bonds. The molecule has 118 valence electrons. The molecule has 0 aromatic heterocycles. The lowest BCUT2D eigenvalue weighted by molar-refractivity contribution is 0.145. The SMILES string of the molecule is COc1ccc(Br)cc1CNC1CC(C)(C)NC(C)(C)C1. The number of methoxy groups -OCH3 is 1. The van der Waals surface area contributed by atoms with Crippen molar-refractivity contribution in [3.63, 3.8) is 0 Å². The number of piperidine rings is 1. The molecular formula is C17H27BrN2O. The van der Waals surface area contributed by atoms with Crippen LogP contribution in [0.1, 0.15) is 46.1 Å². The Morgan fingerprint density at radius 2 is 1.86 bits per heavy atom. The Hall–Kier alpha value is -0.580. The molecule has 4 heteroatoms. The molecule has 0 aliphatic carbocycles. The van der Waals surface area contributed by atoms with Gasteiger partial charge in [-0.1, -0.05) is 15.9 Å². The van der Waals surface area contributed by atoms with Crippen LogP contribution in [-0.2, 0) is 6.54 Å².